The molecule has 1 amide bonds. The number of anilines is 1. The second-order valence-corrected chi connectivity index (χ2v) is 4.35. The number of hydrogen-bond donors (Lipinski definition) is 2. The number of rotatable bonds is 2. The number of para-hydroxylation sites is 1. The van der Waals surface area contributed by atoms with E-state index in [-0.39, 0.29) is 11.9 Å². The third-order valence-electron chi connectivity index (χ3n) is 3.07. The van der Waals surface area contributed by atoms with E-state index in [1.807, 2.05) is 24.3 Å². The van der Waals surface area contributed by atoms with Crippen LogP contribution in [-0.2, 0) is 0 Å². The fraction of sp³-hybridized carbons (Fsp3) is 0.462. The Hall–Kier alpha value is -1.51. The molecule has 0 unspecified atom stereocenters. The smallest absolute Gasteiger partial charge is 0.253 e. The van der Waals surface area contributed by atoms with E-state index >= 15 is 0 Å². The summed E-state index contributed by atoms with van der Waals surface area (Å²) in [6.07, 6.45) is 2.18. The molecule has 1 aromatic rings. The summed E-state index contributed by atoms with van der Waals surface area (Å²) < 4.78 is 0. The minimum atomic E-state index is 0.0224. The molecule has 16 heavy (non-hydrogen) atoms. The molecule has 3 heteroatoms. The van der Waals surface area contributed by atoms with Crippen LogP contribution in [0, 0.1) is 0 Å². The Balaban J connectivity index is 2.31. The van der Waals surface area contributed by atoms with Gasteiger partial charge in [-0.25, -0.2) is 0 Å². The van der Waals surface area contributed by atoms with Gasteiger partial charge in [0.1, 0.15) is 0 Å². The number of fused-ring (bicyclic) bond motifs is 1. The highest BCUT2D eigenvalue weighted by molar-refractivity contribution is 6.00. The van der Waals surface area contributed by atoms with E-state index < -0.39 is 0 Å². The van der Waals surface area contributed by atoms with Gasteiger partial charge < -0.3 is 10.6 Å². The highest BCUT2D eigenvalue weighted by Gasteiger charge is 2.25. The van der Waals surface area contributed by atoms with Gasteiger partial charge in [-0.1, -0.05) is 25.5 Å². The number of carbonyl (C=O) groups is 1. The molecule has 0 spiro atoms. The van der Waals surface area contributed by atoms with Gasteiger partial charge in [0.25, 0.3) is 5.91 Å². The van der Waals surface area contributed by atoms with Crippen molar-refractivity contribution in [2.45, 2.75) is 38.8 Å². The van der Waals surface area contributed by atoms with Crippen LogP contribution in [0.4, 0.5) is 5.69 Å². The molecule has 1 heterocycles. The molecule has 0 saturated heterocycles. The van der Waals surface area contributed by atoms with Crippen LogP contribution in [0.5, 0.6) is 0 Å². The molecule has 0 fully saturated rings. The molecule has 1 aliphatic rings. The molecule has 0 radical (unpaired) electrons. The van der Waals surface area contributed by atoms with E-state index in [1.165, 1.54) is 0 Å². The normalized spacial score (nSPS) is 24.0. The highest BCUT2D eigenvalue weighted by Crippen LogP contribution is 2.21. The molecule has 86 valence electrons. The first-order valence-electron chi connectivity index (χ1n) is 5.88. The van der Waals surface area contributed by atoms with Crippen LogP contribution in [0.15, 0.2) is 24.3 Å². The zero-order valence-corrected chi connectivity index (χ0v) is 9.79. The lowest BCUT2D eigenvalue weighted by Crippen LogP contribution is -2.41. The maximum atomic E-state index is 11.9. The maximum Gasteiger partial charge on any atom is 0.253 e. The number of nitrogens with one attached hydrogen (secondary N) is 2. The van der Waals surface area contributed by atoms with Crippen molar-refractivity contribution >= 4 is 11.6 Å². The topological polar surface area (TPSA) is 41.1 Å². The summed E-state index contributed by atoms with van der Waals surface area (Å²) in [7, 11) is 0. The van der Waals surface area contributed by atoms with Crippen molar-refractivity contribution in [2.24, 2.45) is 0 Å². The molecule has 1 aliphatic heterocycles. The summed E-state index contributed by atoms with van der Waals surface area (Å²) in [6, 6.07) is 8.16. The number of amides is 1. The van der Waals surface area contributed by atoms with Gasteiger partial charge in [-0.05, 0) is 25.5 Å². The van der Waals surface area contributed by atoms with Crippen molar-refractivity contribution in [3.05, 3.63) is 29.8 Å². The molecular weight excluding hydrogens is 200 g/mol. The van der Waals surface area contributed by atoms with Gasteiger partial charge in [0, 0.05) is 17.8 Å². The van der Waals surface area contributed by atoms with Crippen molar-refractivity contribution < 1.29 is 4.79 Å². The third kappa shape index (κ3) is 2.03. The zero-order valence-electron chi connectivity index (χ0n) is 9.79. The number of hydrogen-bond acceptors (Lipinski definition) is 2. The Kier molecular flexibility index (Phi) is 3.13. The first kappa shape index (κ1) is 11.0. The van der Waals surface area contributed by atoms with Crippen LogP contribution in [0.2, 0.25) is 0 Å². The second-order valence-electron chi connectivity index (χ2n) is 4.35. The Morgan fingerprint density at radius 3 is 2.75 bits per heavy atom. The fourth-order valence-corrected chi connectivity index (χ4v) is 2.15. The first-order valence-corrected chi connectivity index (χ1v) is 5.88. The van der Waals surface area contributed by atoms with Gasteiger partial charge in [-0.3, -0.25) is 4.79 Å². The van der Waals surface area contributed by atoms with E-state index in [4.69, 9.17) is 0 Å². The first-order chi connectivity index (χ1) is 7.72. The SMILES string of the molecule is CCC[C@H]1Nc2ccccc2C(=O)N[C@H]1C. The molecule has 1 aromatic carbocycles. The van der Waals surface area contributed by atoms with Crippen LogP contribution < -0.4 is 10.6 Å². The van der Waals surface area contributed by atoms with Gasteiger partial charge in [0.05, 0.1) is 5.56 Å². The predicted octanol–water partition coefficient (Wildman–Crippen LogP) is 2.40. The minimum absolute atomic E-state index is 0.0224. The van der Waals surface area contributed by atoms with Gasteiger partial charge >= 0.3 is 0 Å². The van der Waals surface area contributed by atoms with E-state index in [0.717, 1.165) is 24.1 Å². The molecule has 0 bridgehead atoms. The van der Waals surface area contributed by atoms with Crippen molar-refractivity contribution in [1.82, 2.24) is 5.32 Å². The Morgan fingerprint density at radius 1 is 1.25 bits per heavy atom. The van der Waals surface area contributed by atoms with E-state index in [9.17, 15) is 4.79 Å². The Bertz CT molecular complexity index is 389. The second kappa shape index (κ2) is 4.56. The summed E-state index contributed by atoms with van der Waals surface area (Å²) in [6.45, 7) is 4.21. The molecular formula is C13H18N2O. The summed E-state index contributed by atoms with van der Waals surface area (Å²) in [5.74, 6) is 0.0224. The lowest BCUT2D eigenvalue weighted by molar-refractivity contribution is 0.0940. The van der Waals surface area contributed by atoms with Crippen LogP contribution in [0.25, 0.3) is 0 Å². The monoisotopic (exact) mass is 218 g/mol. The quantitative estimate of drug-likeness (QED) is 0.800. The average molecular weight is 218 g/mol. The summed E-state index contributed by atoms with van der Waals surface area (Å²) in [5, 5.41) is 6.49. The van der Waals surface area contributed by atoms with Crippen LogP contribution >= 0.6 is 0 Å². The highest BCUT2D eigenvalue weighted by atomic mass is 16.1. The number of benzene rings is 1. The number of carbonyl (C=O) groups excluding carboxylic acids is 1. The van der Waals surface area contributed by atoms with Crippen molar-refractivity contribution in [2.75, 3.05) is 5.32 Å². The Morgan fingerprint density at radius 2 is 2.00 bits per heavy atom. The third-order valence-corrected chi connectivity index (χ3v) is 3.07. The Labute approximate surface area is 96.2 Å². The summed E-state index contributed by atoms with van der Waals surface area (Å²) in [4.78, 5) is 11.9. The minimum Gasteiger partial charge on any atom is -0.380 e. The van der Waals surface area contributed by atoms with Gasteiger partial charge in [-0.15, -0.1) is 0 Å². The molecule has 2 atom stereocenters. The zero-order chi connectivity index (χ0) is 11.5. The molecule has 0 saturated carbocycles. The van der Waals surface area contributed by atoms with E-state index in [1.54, 1.807) is 0 Å². The molecule has 0 aromatic heterocycles. The van der Waals surface area contributed by atoms with E-state index in [2.05, 4.69) is 24.5 Å². The largest absolute Gasteiger partial charge is 0.380 e. The fourth-order valence-electron chi connectivity index (χ4n) is 2.15. The van der Waals surface area contributed by atoms with Crippen LogP contribution in [0.3, 0.4) is 0 Å². The van der Waals surface area contributed by atoms with Crippen molar-refractivity contribution in [1.29, 1.82) is 0 Å². The lowest BCUT2D eigenvalue weighted by atomic mass is 10.1. The molecule has 2 N–H and O–H groups in total. The van der Waals surface area contributed by atoms with Crippen molar-refractivity contribution in [3.63, 3.8) is 0 Å². The molecule has 0 aliphatic carbocycles. The molecule has 2 rings (SSSR count). The summed E-state index contributed by atoms with van der Waals surface area (Å²) in [5.41, 5.74) is 1.69. The maximum absolute atomic E-state index is 11.9. The van der Waals surface area contributed by atoms with E-state index in [0.29, 0.717) is 6.04 Å². The van der Waals surface area contributed by atoms with Crippen LogP contribution in [-0.4, -0.2) is 18.0 Å². The standard InChI is InChI=1S/C13H18N2O/c1-3-6-11-9(2)14-13(16)10-7-4-5-8-12(10)15-11/h4-5,7-9,11,15H,3,6H2,1-2H3,(H,14,16)/t9-,11+/m0/s1. The average Bonchev–Trinajstić information content (AvgIpc) is 2.39. The van der Waals surface area contributed by atoms with Crippen molar-refractivity contribution in [3.8, 4) is 0 Å². The predicted molar refractivity (Wildman–Crippen MR) is 65.7 cm³/mol. The lowest BCUT2D eigenvalue weighted by Gasteiger charge is -2.23. The van der Waals surface area contributed by atoms with Gasteiger partial charge in [-0.2, -0.15) is 0 Å². The van der Waals surface area contributed by atoms with Crippen LogP contribution in [0.1, 0.15) is 37.0 Å². The molecule has 3 nitrogen and oxygen atoms in total. The van der Waals surface area contributed by atoms with Gasteiger partial charge in [0.15, 0.2) is 0 Å². The van der Waals surface area contributed by atoms with Gasteiger partial charge in [0.2, 0.25) is 0 Å². The summed E-state index contributed by atoms with van der Waals surface area (Å²) >= 11 is 0.